The first-order valence-electron chi connectivity index (χ1n) is 6.14. The van der Waals surface area contributed by atoms with E-state index >= 15 is 0 Å². The molecule has 5 heteroatoms. The predicted octanol–water partition coefficient (Wildman–Crippen LogP) is 4.76. The van der Waals surface area contributed by atoms with Gasteiger partial charge in [0.25, 0.3) is 0 Å². The lowest BCUT2D eigenvalue weighted by Crippen LogP contribution is -2.17. The van der Waals surface area contributed by atoms with Gasteiger partial charge in [-0.3, -0.25) is 0 Å². The third-order valence-electron chi connectivity index (χ3n) is 2.68. The Morgan fingerprint density at radius 2 is 1.52 bits per heavy atom. The summed E-state index contributed by atoms with van der Waals surface area (Å²) in [4.78, 5) is 0. The number of hydrogen-bond donors (Lipinski definition) is 0. The van der Waals surface area contributed by atoms with Crippen molar-refractivity contribution in [3.05, 3.63) is 59.7 Å². The van der Waals surface area contributed by atoms with Crippen molar-refractivity contribution in [1.29, 1.82) is 0 Å². The number of rotatable bonds is 4. The second-order valence-electron chi connectivity index (χ2n) is 4.23. The van der Waals surface area contributed by atoms with Crippen molar-refractivity contribution in [2.45, 2.75) is 6.36 Å². The number of methoxy groups -OCH3 is 1. The Morgan fingerprint density at radius 3 is 2.14 bits per heavy atom. The largest absolute Gasteiger partial charge is 0.573 e. The van der Waals surface area contributed by atoms with Gasteiger partial charge in [0.2, 0.25) is 0 Å². The summed E-state index contributed by atoms with van der Waals surface area (Å²) in [6.07, 6.45) is -1.17. The molecule has 0 fully saturated rings. The molecule has 0 aliphatic heterocycles. The molecule has 0 bridgehead atoms. The highest BCUT2D eigenvalue weighted by atomic mass is 19.4. The second-order valence-corrected chi connectivity index (χ2v) is 4.23. The van der Waals surface area contributed by atoms with Crippen molar-refractivity contribution in [3.8, 4) is 11.5 Å². The molecular formula is C16H13F3O2. The molecule has 0 aliphatic carbocycles. The Balaban J connectivity index is 2.11. The molecule has 0 saturated carbocycles. The van der Waals surface area contributed by atoms with Crippen LogP contribution in [0.2, 0.25) is 0 Å². The van der Waals surface area contributed by atoms with E-state index < -0.39 is 6.36 Å². The highest BCUT2D eigenvalue weighted by Gasteiger charge is 2.30. The van der Waals surface area contributed by atoms with Gasteiger partial charge in [0, 0.05) is 0 Å². The van der Waals surface area contributed by atoms with Crippen molar-refractivity contribution in [2.75, 3.05) is 7.11 Å². The predicted molar refractivity (Wildman–Crippen MR) is 75.0 cm³/mol. The van der Waals surface area contributed by atoms with Gasteiger partial charge in [-0.1, -0.05) is 36.4 Å². The summed E-state index contributed by atoms with van der Waals surface area (Å²) in [7, 11) is 1.58. The van der Waals surface area contributed by atoms with E-state index in [1.54, 1.807) is 25.3 Å². The average molecular weight is 294 g/mol. The van der Waals surface area contributed by atoms with Gasteiger partial charge in [-0.25, -0.2) is 0 Å². The third-order valence-corrected chi connectivity index (χ3v) is 2.68. The molecule has 0 unspecified atom stereocenters. The fourth-order valence-corrected chi connectivity index (χ4v) is 1.72. The summed E-state index contributed by atoms with van der Waals surface area (Å²) in [6.45, 7) is 0. The van der Waals surface area contributed by atoms with Gasteiger partial charge in [0.15, 0.2) is 0 Å². The van der Waals surface area contributed by atoms with E-state index in [9.17, 15) is 13.2 Å². The number of ether oxygens (including phenoxy) is 2. The molecule has 2 rings (SSSR count). The average Bonchev–Trinajstić information content (AvgIpc) is 2.44. The monoisotopic (exact) mass is 294 g/mol. The van der Waals surface area contributed by atoms with Crippen LogP contribution in [0.1, 0.15) is 11.1 Å². The molecule has 21 heavy (non-hydrogen) atoms. The quantitative estimate of drug-likeness (QED) is 0.757. The first-order valence-corrected chi connectivity index (χ1v) is 6.14. The summed E-state index contributed by atoms with van der Waals surface area (Å²) < 4.78 is 45.4. The number of benzene rings is 2. The minimum Gasteiger partial charge on any atom is -0.497 e. The van der Waals surface area contributed by atoms with Gasteiger partial charge in [0.1, 0.15) is 11.5 Å². The molecule has 0 atom stereocenters. The molecule has 0 saturated heterocycles. The fourth-order valence-electron chi connectivity index (χ4n) is 1.72. The first-order chi connectivity index (χ1) is 9.96. The van der Waals surface area contributed by atoms with Gasteiger partial charge in [0.05, 0.1) is 7.11 Å². The Bertz CT molecular complexity index is 616. The lowest BCUT2D eigenvalue weighted by Gasteiger charge is -2.08. The van der Waals surface area contributed by atoms with Crippen molar-refractivity contribution < 1.29 is 22.6 Å². The van der Waals surface area contributed by atoms with E-state index in [0.717, 1.165) is 11.3 Å². The fraction of sp³-hybridized carbons (Fsp3) is 0.125. The van der Waals surface area contributed by atoms with Gasteiger partial charge in [-0.2, -0.15) is 0 Å². The summed E-state index contributed by atoms with van der Waals surface area (Å²) in [6, 6.07) is 13.1. The van der Waals surface area contributed by atoms with Crippen molar-refractivity contribution >= 4 is 12.2 Å². The minimum absolute atomic E-state index is 0.237. The zero-order chi connectivity index (χ0) is 15.3. The van der Waals surface area contributed by atoms with Crippen LogP contribution in [0.4, 0.5) is 13.2 Å². The van der Waals surface area contributed by atoms with E-state index in [4.69, 9.17) is 4.74 Å². The number of halogens is 3. The van der Waals surface area contributed by atoms with Gasteiger partial charge >= 0.3 is 6.36 Å². The highest BCUT2D eigenvalue weighted by molar-refractivity contribution is 5.70. The smallest absolute Gasteiger partial charge is 0.497 e. The maximum Gasteiger partial charge on any atom is 0.573 e. The lowest BCUT2D eigenvalue weighted by atomic mass is 10.1. The maximum atomic E-state index is 12.1. The van der Waals surface area contributed by atoms with Crippen LogP contribution in [0, 0.1) is 0 Å². The normalized spacial score (nSPS) is 11.6. The van der Waals surface area contributed by atoms with Crippen LogP contribution in [-0.4, -0.2) is 13.5 Å². The van der Waals surface area contributed by atoms with E-state index in [1.807, 2.05) is 24.3 Å². The topological polar surface area (TPSA) is 18.5 Å². The molecule has 0 N–H and O–H groups in total. The molecule has 2 nitrogen and oxygen atoms in total. The zero-order valence-electron chi connectivity index (χ0n) is 11.2. The molecule has 0 amide bonds. The summed E-state index contributed by atoms with van der Waals surface area (Å²) in [5, 5.41) is 0. The van der Waals surface area contributed by atoms with E-state index in [0.29, 0.717) is 5.56 Å². The van der Waals surface area contributed by atoms with Crippen LogP contribution < -0.4 is 9.47 Å². The Hall–Kier alpha value is -2.43. The first kappa shape index (κ1) is 15.0. The van der Waals surface area contributed by atoms with Gasteiger partial charge in [-0.15, -0.1) is 13.2 Å². The third kappa shape index (κ3) is 4.87. The summed E-state index contributed by atoms with van der Waals surface area (Å²) >= 11 is 0. The second kappa shape index (κ2) is 6.35. The van der Waals surface area contributed by atoms with Crippen LogP contribution in [0.3, 0.4) is 0 Å². The SMILES string of the molecule is COc1ccc(/C=C/c2cccc(OC(F)(F)F)c2)cc1. The molecule has 110 valence electrons. The van der Waals surface area contributed by atoms with E-state index in [1.165, 1.54) is 18.2 Å². The van der Waals surface area contributed by atoms with Crippen LogP contribution in [0.15, 0.2) is 48.5 Å². The minimum atomic E-state index is -4.68. The van der Waals surface area contributed by atoms with E-state index in [2.05, 4.69) is 4.74 Å². The van der Waals surface area contributed by atoms with Crippen molar-refractivity contribution in [1.82, 2.24) is 0 Å². The van der Waals surface area contributed by atoms with Crippen LogP contribution in [0.25, 0.3) is 12.2 Å². The van der Waals surface area contributed by atoms with Gasteiger partial charge in [-0.05, 0) is 35.4 Å². The lowest BCUT2D eigenvalue weighted by molar-refractivity contribution is -0.274. The molecule has 2 aromatic rings. The van der Waals surface area contributed by atoms with Gasteiger partial charge < -0.3 is 9.47 Å². The highest BCUT2D eigenvalue weighted by Crippen LogP contribution is 2.24. The number of alkyl halides is 3. The summed E-state index contributed by atoms with van der Waals surface area (Å²) in [5.74, 6) is 0.507. The maximum absolute atomic E-state index is 12.1. The molecule has 0 aliphatic rings. The molecule has 2 aromatic carbocycles. The molecule has 0 heterocycles. The van der Waals surface area contributed by atoms with Crippen LogP contribution in [0.5, 0.6) is 11.5 Å². The zero-order valence-corrected chi connectivity index (χ0v) is 11.2. The standard InChI is InChI=1S/C16H13F3O2/c1-20-14-9-7-12(8-10-14)5-6-13-3-2-4-15(11-13)21-16(17,18)19/h2-11H,1H3/b6-5+. The van der Waals surface area contributed by atoms with Crippen molar-refractivity contribution in [3.63, 3.8) is 0 Å². The van der Waals surface area contributed by atoms with Crippen molar-refractivity contribution in [2.24, 2.45) is 0 Å². The van der Waals surface area contributed by atoms with Crippen LogP contribution in [-0.2, 0) is 0 Å². The molecule has 0 aromatic heterocycles. The number of hydrogen-bond acceptors (Lipinski definition) is 2. The summed E-state index contributed by atoms with van der Waals surface area (Å²) in [5.41, 5.74) is 1.53. The van der Waals surface area contributed by atoms with Crippen LogP contribution >= 0.6 is 0 Å². The molecular weight excluding hydrogens is 281 g/mol. The molecule has 0 radical (unpaired) electrons. The Kier molecular flexibility index (Phi) is 4.52. The molecule has 0 spiro atoms. The Labute approximate surface area is 120 Å². The Morgan fingerprint density at radius 1 is 0.857 bits per heavy atom. The van der Waals surface area contributed by atoms with E-state index in [-0.39, 0.29) is 5.75 Å².